The lowest BCUT2D eigenvalue weighted by Crippen LogP contribution is -2.50. The topological polar surface area (TPSA) is 41.5 Å². The summed E-state index contributed by atoms with van der Waals surface area (Å²) in [4.78, 5) is 13.9. The second-order valence-corrected chi connectivity index (χ2v) is 6.75. The van der Waals surface area contributed by atoms with E-state index in [1.807, 2.05) is 13.8 Å². The first-order valence-electron chi connectivity index (χ1n) is 8.66. The van der Waals surface area contributed by atoms with Gasteiger partial charge in [0.15, 0.2) is 0 Å². The summed E-state index contributed by atoms with van der Waals surface area (Å²) >= 11 is 0. The van der Waals surface area contributed by atoms with Crippen LogP contribution in [0, 0.1) is 13.8 Å². The van der Waals surface area contributed by atoms with Gasteiger partial charge in [0.25, 0.3) is 0 Å². The number of hydrogen-bond donors (Lipinski definition) is 0. The van der Waals surface area contributed by atoms with E-state index >= 15 is 0 Å². The first kappa shape index (κ1) is 15.5. The molecule has 0 aliphatic carbocycles. The zero-order valence-corrected chi connectivity index (χ0v) is 14.4. The van der Waals surface area contributed by atoms with Crippen LogP contribution >= 0.6 is 0 Å². The van der Waals surface area contributed by atoms with Crippen LogP contribution in [-0.4, -0.2) is 53.3 Å². The highest BCUT2D eigenvalue weighted by Gasteiger charge is 2.40. The molecule has 2 atom stereocenters. The fourth-order valence-corrected chi connectivity index (χ4v) is 3.82. The van der Waals surface area contributed by atoms with Crippen molar-refractivity contribution in [1.82, 2.24) is 14.9 Å². The summed E-state index contributed by atoms with van der Waals surface area (Å²) in [6.07, 6.45) is 0.262. The lowest BCUT2D eigenvalue weighted by molar-refractivity contribution is -0.0499. The van der Waals surface area contributed by atoms with Gasteiger partial charge in [-0.15, -0.1) is 0 Å². The molecular formula is C19H24N4O. The molecule has 2 aliphatic heterocycles. The molecule has 4 rings (SSSR count). The molecule has 24 heavy (non-hydrogen) atoms. The van der Waals surface area contributed by atoms with Gasteiger partial charge in [0, 0.05) is 37.9 Å². The summed E-state index contributed by atoms with van der Waals surface area (Å²) in [6.45, 7) is 8.65. The van der Waals surface area contributed by atoms with Gasteiger partial charge in [0.05, 0.1) is 18.8 Å². The van der Waals surface area contributed by atoms with Crippen LogP contribution in [0.5, 0.6) is 0 Å². The Morgan fingerprint density at radius 3 is 2.75 bits per heavy atom. The predicted octanol–water partition coefficient (Wildman–Crippen LogP) is 2.18. The molecule has 2 saturated heterocycles. The molecule has 0 amide bonds. The van der Waals surface area contributed by atoms with E-state index in [1.165, 1.54) is 5.56 Å². The van der Waals surface area contributed by atoms with Gasteiger partial charge in [-0.2, -0.15) is 0 Å². The molecule has 2 fully saturated rings. The van der Waals surface area contributed by atoms with E-state index in [4.69, 9.17) is 4.74 Å². The molecule has 0 saturated carbocycles. The first-order valence-corrected chi connectivity index (χ1v) is 8.66. The molecular weight excluding hydrogens is 300 g/mol. The fraction of sp³-hybridized carbons (Fsp3) is 0.474. The second-order valence-electron chi connectivity index (χ2n) is 6.75. The van der Waals surface area contributed by atoms with E-state index in [-0.39, 0.29) is 6.10 Å². The SMILES string of the molecule is Cc1cc(N2C[C@H]3OCCN(Cc4ccccc4)[C@H]3C2)nc(C)n1. The van der Waals surface area contributed by atoms with Crippen LogP contribution < -0.4 is 4.90 Å². The normalized spacial score (nSPS) is 24.2. The van der Waals surface area contributed by atoms with Gasteiger partial charge in [0.1, 0.15) is 11.6 Å². The highest BCUT2D eigenvalue weighted by Crippen LogP contribution is 2.27. The van der Waals surface area contributed by atoms with Crippen molar-refractivity contribution in [1.29, 1.82) is 0 Å². The molecule has 2 aromatic rings. The maximum atomic E-state index is 6.06. The third-order valence-corrected chi connectivity index (χ3v) is 4.92. The molecule has 5 heteroatoms. The van der Waals surface area contributed by atoms with Crippen LogP contribution in [0.2, 0.25) is 0 Å². The van der Waals surface area contributed by atoms with Crippen LogP contribution in [0.4, 0.5) is 5.82 Å². The third-order valence-electron chi connectivity index (χ3n) is 4.92. The molecule has 5 nitrogen and oxygen atoms in total. The monoisotopic (exact) mass is 324 g/mol. The number of rotatable bonds is 3. The smallest absolute Gasteiger partial charge is 0.132 e. The number of benzene rings is 1. The second kappa shape index (κ2) is 6.49. The number of ether oxygens (including phenoxy) is 1. The minimum Gasteiger partial charge on any atom is -0.373 e. The van der Waals surface area contributed by atoms with E-state index in [0.29, 0.717) is 6.04 Å². The summed E-state index contributed by atoms with van der Waals surface area (Å²) in [5.41, 5.74) is 2.39. The Hall–Kier alpha value is -1.98. The zero-order chi connectivity index (χ0) is 16.5. The van der Waals surface area contributed by atoms with E-state index in [1.54, 1.807) is 0 Å². The summed E-state index contributed by atoms with van der Waals surface area (Å²) in [6, 6.07) is 13.2. The molecule has 1 aromatic carbocycles. The number of fused-ring (bicyclic) bond motifs is 1. The van der Waals surface area contributed by atoms with Gasteiger partial charge < -0.3 is 9.64 Å². The molecule has 0 N–H and O–H groups in total. The number of aryl methyl sites for hydroxylation is 2. The van der Waals surface area contributed by atoms with E-state index < -0.39 is 0 Å². The molecule has 1 aromatic heterocycles. The molecule has 126 valence electrons. The lowest BCUT2D eigenvalue weighted by atomic mass is 10.1. The van der Waals surface area contributed by atoms with Crippen molar-refractivity contribution in [2.24, 2.45) is 0 Å². The number of morpholine rings is 1. The Balaban J connectivity index is 1.51. The lowest BCUT2D eigenvalue weighted by Gasteiger charge is -2.36. The van der Waals surface area contributed by atoms with Gasteiger partial charge in [-0.05, 0) is 19.4 Å². The molecule has 0 unspecified atom stereocenters. The molecule has 0 spiro atoms. The minimum atomic E-state index is 0.262. The van der Waals surface area contributed by atoms with Gasteiger partial charge in [-0.1, -0.05) is 30.3 Å². The Bertz CT molecular complexity index is 686. The van der Waals surface area contributed by atoms with E-state index in [9.17, 15) is 0 Å². The number of anilines is 1. The summed E-state index contributed by atoms with van der Waals surface area (Å²) < 4.78 is 6.06. The molecule has 2 aliphatic rings. The third kappa shape index (κ3) is 3.14. The number of nitrogens with zero attached hydrogens (tertiary/aromatic N) is 4. The van der Waals surface area contributed by atoms with Gasteiger partial charge in [0.2, 0.25) is 0 Å². The van der Waals surface area contributed by atoms with Crippen molar-refractivity contribution < 1.29 is 4.74 Å². The largest absolute Gasteiger partial charge is 0.373 e. The minimum absolute atomic E-state index is 0.262. The van der Waals surface area contributed by atoms with Crippen molar-refractivity contribution in [3.05, 3.63) is 53.5 Å². The molecule has 0 radical (unpaired) electrons. The standard InChI is InChI=1S/C19H24N4O/c1-14-10-19(21-15(2)20-14)23-12-17-18(13-23)24-9-8-22(17)11-16-6-4-3-5-7-16/h3-7,10,17-18H,8-9,11-13H2,1-2H3/t17-,18+/m0/s1. The zero-order valence-electron chi connectivity index (χ0n) is 14.4. The van der Waals surface area contributed by atoms with Crippen LogP contribution in [0.1, 0.15) is 17.1 Å². The van der Waals surface area contributed by atoms with Crippen LogP contribution in [-0.2, 0) is 11.3 Å². The van der Waals surface area contributed by atoms with E-state index in [2.05, 4.69) is 56.2 Å². The Kier molecular flexibility index (Phi) is 4.21. The van der Waals surface area contributed by atoms with Gasteiger partial charge in [-0.3, -0.25) is 4.90 Å². The van der Waals surface area contributed by atoms with Gasteiger partial charge >= 0.3 is 0 Å². The van der Waals surface area contributed by atoms with Crippen molar-refractivity contribution >= 4 is 5.82 Å². The van der Waals surface area contributed by atoms with Crippen LogP contribution in [0.3, 0.4) is 0 Å². The fourth-order valence-electron chi connectivity index (χ4n) is 3.82. The maximum absolute atomic E-state index is 6.06. The van der Waals surface area contributed by atoms with Crippen molar-refractivity contribution in [2.45, 2.75) is 32.5 Å². The summed E-state index contributed by atoms with van der Waals surface area (Å²) in [5, 5.41) is 0. The molecule has 0 bridgehead atoms. The van der Waals surface area contributed by atoms with Crippen molar-refractivity contribution in [2.75, 3.05) is 31.1 Å². The summed E-state index contributed by atoms with van der Waals surface area (Å²) in [7, 11) is 0. The quantitative estimate of drug-likeness (QED) is 0.866. The number of hydrogen-bond acceptors (Lipinski definition) is 5. The number of aromatic nitrogens is 2. The predicted molar refractivity (Wildman–Crippen MR) is 94.1 cm³/mol. The van der Waals surface area contributed by atoms with Crippen LogP contribution in [0.25, 0.3) is 0 Å². The van der Waals surface area contributed by atoms with Crippen molar-refractivity contribution in [3.63, 3.8) is 0 Å². The van der Waals surface area contributed by atoms with Gasteiger partial charge in [-0.25, -0.2) is 9.97 Å². The molecule has 3 heterocycles. The Morgan fingerprint density at radius 2 is 1.96 bits per heavy atom. The van der Waals surface area contributed by atoms with Crippen LogP contribution in [0.15, 0.2) is 36.4 Å². The average molecular weight is 324 g/mol. The highest BCUT2D eigenvalue weighted by atomic mass is 16.5. The Morgan fingerprint density at radius 1 is 1.12 bits per heavy atom. The summed E-state index contributed by atoms with van der Waals surface area (Å²) in [5.74, 6) is 1.86. The first-order chi connectivity index (χ1) is 11.7. The highest BCUT2D eigenvalue weighted by molar-refractivity contribution is 5.42. The average Bonchev–Trinajstić information content (AvgIpc) is 3.00. The van der Waals surface area contributed by atoms with E-state index in [0.717, 1.165) is 50.1 Å². The maximum Gasteiger partial charge on any atom is 0.132 e. The van der Waals surface area contributed by atoms with Crippen molar-refractivity contribution in [3.8, 4) is 0 Å². The Labute approximate surface area is 143 Å².